The monoisotopic (exact) mass is 142 g/mol. The standard InChI is InChI=1S/C6H8NO3/c1-5-3-4-6(10-5)7(8)9-2/h3-4H,1-2H3/q+1. The molecule has 0 N–H and O–H groups in total. The summed E-state index contributed by atoms with van der Waals surface area (Å²) in [6.45, 7) is 1.76. The molecule has 0 saturated carbocycles. The molecule has 0 aliphatic rings. The van der Waals surface area contributed by atoms with Crippen molar-refractivity contribution in [2.75, 3.05) is 7.11 Å². The zero-order chi connectivity index (χ0) is 7.56. The van der Waals surface area contributed by atoms with Crippen molar-refractivity contribution in [2.24, 2.45) is 0 Å². The summed E-state index contributed by atoms with van der Waals surface area (Å²) in [5, 5.41) is 0. The van der Waals surface area contributed by atoms with E-state index in [1.54, 1.807) is 19.1 Å². The lowest BCUT2D eigenvalue weighted by Gasteiger charge is -1.79. The minimum Gasteiger partial charge on any atom is -0.403 e. The summed E-state index contributed by atoms with van der Waals surface area (Å²) in [6, 6.07) is 3.24. The lowest BCUT2D eigenvalue weighted by molar-refractivity contribution is -0.744. The lowest BCUT2D eigenvalue weighted by atomic mass is 10.5. The van der Waals surface area contributed by atoms with Crippen molar-refractivity contribution in [1.82, 2.24) is 0 Å². The molecule has 0 aliphatic carbocycles. The van der Waals surface area contributed by atoms with Crippen LogP contribution in [-0.4, -0.2) is 12.0 Å². The van der Waals surface area contributed by atoms with E-state index >= 15 is 0 Å². The third-order valence-electron chi connectivity index (χ3n) is 1.07. The molecule has 1 aromatic heterocycles. The van der Waals surface area contributed by atoms with Crippen molar-refractivity contribution in [1.29, 1.82) is 0 Å². The van der Waals surface area contributed by atoms with Crippen molar-refractivity contribution in [3.05, 3.63) is 22.8 Å². The summed E-state index contributed by atoms with van der Waals surface area (Å²) >= 11 is 0. The Morgan fingerprint density at radius 2 is 2.30 bits per heavy atom. The van der Waals surface area contributed by atoms with Crippen LogP contribution in [0.3, 0.4) is 0 Å². The predicted molar refractivity (Wildman–Crippen MR) is 33.7 cm³/mol. The molecular formula is C6H8NO3+. The highest BCUT2D eigenvalue weighted by Crippen LogP contribution is 2.14. The summed E-state index contributed by atoms with van der Waals surface area (Å²) < 4.78 is 4.92. The highest BCUT2D eigenvalue weighted by atomic mass is 16.8. The normalized spacial score (nSPS) is 9.40. The molecule has 1 heterocycles. The van der Waals surface area contributed by atoms with Crippen LogP contribution in [-0.2, 0) is 4.84 Å². The number of hydrogen-bond donors (Lipinski definition) is 0. The van der Waals surface area contributed by atoms with E-state index in [1.807, 2.05) is 0 Å². The Bertz CT molecular complexity index is 241. The van der Waals surface area contributed by atoms with Gasteiger partial charge in [-0.05, 0) is 13.0 Å². The minimum absolute atomic E-state index is 0.167. The van der Waals surface area contributed by atoms with Crippen LogP contribution in [0.15, 0.2) is 16.5 Å². The highest BCUT2D eigenvalue weighted by molar-refractivity contribution is 5.15. The van der Waals surface area contributed by atoms with E-state index < -0.39 is 0 Å². The zero-order valence-electron chi connectivity index (χ0n) is 5.83. The number of aryl methyl sites for hydroxylation is 1. The average Bonchev–Trinajstić information content (AvgIpc) is 2.34. The Morgan fingerprint density at radius 3 is 2.70 bits per heavy atom. The van der Waals surface area contributed by atoms with Gasteiger partial charge >= 0.3 is 5.88 Å². The van der Waals surface area contributed by atoms with Gasteiger partial charge in [0.25, 0.3) is 4.92 Å². The Balaban J connectivity index is 2.85. The van der Waals surface area contributed by atoms with Crippen molar-refractivity contribution < 1.29 is 14.2 Å². The molecule has 0 atom stereocenters. The van der Waals surface area contributed by atoms with Gasteiger partial charge < -0.3 is 4.42 Å². The van der Waals surface area contributed by atoms with E-state index in [-0.39, 0.29) is 5.88 Å². The first kappa shape index (κ1) is 6.80. The Kier molecular flexibility index (Phi) is 1.71. The highest BCUT2D eigenvalue weighted by Gasteiger charge is 2.18. The van der Waals surface area contributed by atoms with Gasteiger partial charge in [0.2, 0.25) is 0 Å². The summed E-state index contributed by atoms with van der Waals surface area (Å²) in [7, 11) is 1.28. The van der Waals surface area contributed by atoms with Gasteiger partial charge in [-0.25, -0.2) is 4.84 Å². The first-order chi connectivity index (χ1) is 4.74. The van der Waals surface area contributed by atoms with Crippen LogP contribution in [0.2, 0.25) is 0 Å². The summed E-state index contributed by atoms with van der Waals surface area (Å²) in [4.78, 5) is 15.3. The zero-order valence-corrected chi connectivity index (χ0v) is 5.83. The molecule has 0 spiro atoms. The molecule has 1 rings (SSSR count). The van der Waals surface area contributed by atoms with Crippen LogP contribution in [0.5, 0.6) is 0 Å². The van der Waals surface area contributed by atoms with Crippen LogP contribution in [0.25, 0.3) is 0 Å². The largest absolute Gasteiger partial charge is 0.480 e. The minimum atomic E-state index is 0.167. The van der Waals surface area contributed by atoms with Crippen molar-refractivity contribution >= 4 is 5.88 Å². The molecule has 4 heteroatoms. The molecule has 1 aromatic rings. The third-order valence-corrected chi connectivity index (χ3v) is 1.07. The van der Waals surface area contributed by atoms with Gasteiger partial charge in [-0.15, -0.1) is 0 Å². The van der Waals surface area contributed by atoms with Crippen molar-refractivity contribution in [3.63, 3.8) is 0 Å². The fourth-order valence-electron chi connectivity index (χ4n) is 0.610. The smallest absolute Gasteiger partial charge is 0.403 e. The fraction of sp³-hybridized carbons (Fsp3) is 0.333. The van der Waals surface area contributed by atoms with E-state index in [9.17, 15) is 4.91 Å². The number of hydrogen-bond acceptors (Lipinski definition) is 3. The quantitative estimate of drug-likeness (QED) is 0.588. The molecule has 10 heavy (non-hydrogen) atoms. The molecule has 0 aliphatic heterocycles. The van der Waals surface area contributed by atoms with Crippen molar-refractivity contribution in [2.45, 2.75) is 6.92 Å². The van der Waals surface area contributed by atoms with E-state index in [2.05, 4.69) is 4.84 Å². The van der Waals surface area contributed by atoms with E-state index in [1.165, 1.54) is 7.11 Å². The molecule has 0 saturated heterocycles. The second-order valence-electron chi connectivity index (χ2n) is 1.82. The molecule has 4 nitrogen and oxygen atoms in total. The maximum Gasteiger partial charge on any atom is 0.480 e. The molecular weight excluding hydrogens is 134 g/mol. The van der Waals surface area contributed by atoms with Crippen LogP contribution in [0.4, 0.5) is 5.88 Å². The molecule has 0 bridgehead atoms. The lowest BCUT2D eigenvalue weighted by Crippen LogP contribution is -1.95. The van der Waals surface area contributed by atoms with Gasteiger partial charge in [0.05, 0.1) is 11.0 Å². The second kappa shape index (κ2) is 2.51. The first-order valence-corrected chi connectivity index (χ1v) is 2.82. The Labute approximate surface area is 57.9 Å². The van der Waals surface area contributed by atoms with Gasteiger partial charge in [-0.2, -0.15) is 0 Å². The summed E-state index contributed by atoms with van der Waals surface area (Å²) in [5.74, 6) is 0.855. The summed E-state index contributed by atoms with van der Waals surface area (Å²) in [5.41, 5.74) is 0. The van der Waals surface area contributed by atoms with Crippen LogP contribution < -0.4 is 0 Å². The first-order valence-electron chi connectivity index (χ1n) is 2.82. The molecule has 0 fully saturated rings. The topological polar surface area (TPSA) is 42.5 Å². The van der Waals surface area contributed by atoms with Gasteiger partial charge in [0, 0.05) is 0 Å². The third kappa shape index (κ3) is 1.15. The molecule has 0 radical (unpaired) electrons. The number of nitrogens with zero attached hydrogens (tertiary/aromatic N) is 1. The van der Waals surface area contributed by atoms with Gasteiger partial charge in [-0.3, -0.25) is 0 Å². The second-order valence-corrected chi connectivity index (χ2v) is 1.82. The number of rotatable bonds is 2. The van der Waals surface area contributed by atoms with E-state index in [0.717, 1.165) is 0 Å². The Hall–Kier alpha value is -1.32. The van der Waals surface area contributed by atoms with Gasteiger partial charge in [-0.1, -0.05) is 0 Å². The van der Waals surface area contributed by atoms with Crippen LogP contribution in [0, 0.1) is 11.8 Å². The van der Waals surface area contributed by atoms with E-state index in [0.29, 0.717) is 10.7 Å². The molecule has 54 valence electrons. The maximum atomic E-state index is 10.6. The predicted octanol–water partition coefficient (Wildman–Crippen LogP) is 1.56. The average molecular weight is 142 g/mol. The van der Waals surface area contributed by atoms with Crippen LogP contribution in [0.1, 0.15) is 5.76 Å². The summed E-state index contributed by atoms with van der Waals surface area (Å²) in [6.07, 6.45) is 0. The molecule has 0 aromatic carbocycles. The SMILES string of the molecule is CO[N+](=O)c1ccc(C)o1. The van der Waals surface area contributed by atoms with Crippen molar-refractivity contribution in [3.8, 4) is 0 Å². The van der Waals surface area contributed by atoms with Crippen LogP contribution >= 0.6 is 0 Å². The van der Waals surface area contributed by atoms with E-state index in [4.69, 9.17) is 4.42 Å². The Morgan fingerprint density at radius 1 is 1.60 bits per heavy atom. The number of furan rings is 1. The fourth-order valence-corrected chi connectivity index (χ4v) is 0.610. The van der Waals surface area contributed by atoms with Gasteiger partial charge in [0.1, 0.15) is 5.76 Å². The maximum absolute atomic E-state index is 10.6. The molecule has 0 amide bonds. The van der Waals surface area contributed by atoms with Gasteiger partial charge in [0.15, 0.2) is 7.11 Å². The molecule has 0 unspecified atom stereocenters.